The summed E-state index contributed by atoms with van der Waals surface area (Å²) in [5, 5.41) is 4.49. The fourth-order valence-corrected chi connectivity index (χ4v) is 4.09. The molecule has 0 radical (unpaired) electrons. The molecule has 36 heavy (non-hydrogen) atoms. The molecule has 0 unspecified atom stereocenters. The van der Waals surface area contributed by atoms with Crippen LogP contribution in [0.4, 0.5) is 0 Å². The topological polar surface area (TPSA) is 98.5 Å². The summed E-state index contributed by atoms with van der Waals surface area (Å²) >= 11 is 11.9. The highest BCUT2D eigenvalue weighted by molar-refractivity contribution is 6.30. The van der Waals surface area contributed by atoms with Gasteiger partial charge in [-0.1, -0.05) is 59.6 Å². The van der Waals surface area contributed by atoms with Gasteiger partial charge in [-0.15, -0.1) is 0 Å². The number of halogens is 2. The van der Waals surface area contributed by atoms with Gasteiger partial charge >= 0.3 is 11.9 Å². The van der Waals surface area contributed by atoms with Crippen LogP contribution >= 0.6 is 23.2 Å². The number of amides is 1. The molecule has 0 fully saturated rings. The predicted octanol–water partition coefficient (Wildman–Crippen LogP) is 5.59. The van der Waals surface area contributed by atoms with Gasteiger partial charge in [0.25, 0.3) is 0 Å². The van der Waals surface area contributed by atoms with Crippen LogP contribution in [0.25, 0.3) is 11.1 Å². The Morgan fingerprint density at radius 3 is 1.89 bits per heavy atom. The van der Waals surface area contributed by atoms with Crippen molar-refractivity contribution in [2.24, 2.45) is 5.73 Å². The molecule has 0 saturated carbocycles. The summed E-state index contributed by atoms with van der Waals surface area (Å²) in [5.41, 5.74) is 7.81. The summed E-state index contributed by atoms with van der Waals surface area (Å²) in [7, 11) is 0. The predicted molar refractivity (Wildman–Crippen MR) is 142 cm³/mol. The van der Waals surface area contributed by atoms with E-state index < -0.39 is 29.4 Å². The molecule has 0 spiro atoms. The second-order valence-corrected chi connectivity index (χ2v) is 10.1. The van der Waals surface area contributed by atoms with Crippen LogP contribution < -0.4 is 11.1 Å². The number of carbonyl (C=O) groups excluding carboxylic acids is 3. The zero-order chi connectivity index (χ0) is 26.3. The van der Waals surface area contributed by atoms with E-state index in [9.17, 15) is 14.4 Å². The molecular formula is C28H28Cl2N2O4. The van der Waals surface area contributed by atoms with E-state index in [-0.39, 0.29) is 18.4 Å². The van der Waals surface area contributed by atoms with Crippen molar-refractivity contribution in [3.8, 4) is 11.1 Å². The van der Waals surface area contributed by atoms with Gasteiger partial charge in [-0.05, 0) is 79.8 Å². The first kappa shape index (κ1) is 27.4. The largest absolute Gasteiger partial charge is 0.388 e. The third-order valence-corrected chi connectivity index (χ3v) is 6.08. The van der Waals surface area contributed by atoms with Crippen molar-refractivity contribution >= 4 is 41.0 Å². The van der Waals surface area contributed by atoms with Crippen LogP contribution in [0.5, 0.6) is 0 Å². The number of rotatable bonds is 10. The molecule has 0 aliphatic heterocycles. The van der Waals surface area contributed by atoms with Gasteiger partial charge in [-0.3, -0.25) is 10.1 Å². The summed E-state index contributed by atoms with van der Waals surface area (Å²) in [4.78, 5) is 37.0. The highest BCUT2D eigenvalue weighted by Crippen LogP contribution is 2.22. The van der Waals surface area contributed by atoms with E-state index >= 15 is 0 Å². The maximum absolute atomic E-state index is 12.9. The second kappa shape index (κ2) is 12.2. The fraction of sp³-hybridized carbons (Fsp3) is 0.250. The molecule has 0 saturated heterocycles. The molecule has 188 valence electrons. The van der Waals surface area contributed by atoms with Gasteiger partial charge in [0.05, 0.1) is 5.56 Å². The van der Waals surface area contributed by atoms with E-state index in [4.69, 9.17) is 33.7 Å². The maximum atomic E-state index is 12.9. The van der Waals surface area contributed by atoms with Crippen LogP contribution in [0.1, 0.15) is 42.6 Å². The molecule has 0 aromatic heterocycles. The lowest BCUT2D eigenvalue weighted by Gasteiger charge is -2.31. The second-order valence-electron chi connectivity index (χ2n) is 9.18. The first-order valence-electron chi connectivity index (χ1n) is 11.4. The average molecular weight is 527 g/mol. The minimum atomic E-state index is -0.905. The van der Waals surface area contributed by atoms with E-state index in [1.807, 2.05) is 38.1 Å². The normalized spacial score (nSPS) is 12.1. The van der Waals surface area contributed by atoms with E-state index in [0.717, 1.165) is 16.7 Å². The maximum Gasteiger partial charge on any atom is 0.345 e. The summed E-state index contributed by atoms with van der Waals surface area (Å²) in [6, 6.07) is 20.5. The molecule has 8 heteroatoms. The molecular weight excluding hydrogens is 499 g/mol. The fourth-order valence-electron chi connectivity index (χ4n) is 3.83. The van der Waals surface area contributed by atoms with Gasteiger partial charge in [0.15, 0.2) is 0 Å². The molecule has 1 amide bonds. The molecule has 3 rings (SSSR count). The number of nitrogens with one attached hydrogen (secondary N) is 1. The Kier molecular flexibility index (Phi) is 9.26. The van der Waals surface area contributed by atoms with Gasteiger partial charge in [0.1, 0.15) is 6.04 Å². The van der Waals surface area contributed by atoms with E-state index in [0.29, 0.717) is 16.5 Å². The minimum absolute atomic E-state index is 0.0340. The Morgan fingerprint density at radius 1 is 0.861 bits per heavy atom. The highest BCUT2D eigenvalue weighted by Gasteiger charge is 2.30. The first-order chi connectivity index (χ1) is 17.0. The van der Waals surface area contributed by atoms with Crippen LogP contribution in [0.3, 0.4) is 0 Å². The molecule has 1 atom stereocenters. The SMILES string of the molecule is CC(C)(Cc1ccc(Cl)cc1)N[C@@H](CCC(N)=O)C(=O)OC(=O)c1ccc(-c2ccc(Cl)cc2)cc1. The molecule has 0 aliphatic carbocycles. The van der Waals surface area contributed by atoms with Crippen LogP contribution in [0.2, 0.25) is 10.0 Å². The van der Waals surface area contributed by atoms with Gasteiger partial charge < -0.3 is 10.5 Å². The Labute approximate surface area is 220 Å². The van der Waals surface area contributed by atoms with Gasteiger partial charge in [-0.25, -0.2) is 9.59 Å². The number of esters is 2. The van der Waals surface area contributed by atoms with Gasteiger partial charge in [0.2, 0.25) is 5.91 Å². The number of primary amides is 1. The summed E-state index contributed by atoms with van der Waals surface area (Å²) in [6.45, 7) is 3.84. The molecule has 0 heterocycles. The number of carbonyl (C=O) groups is 3. The van der Waals surface area contributed by atoms with E-state index in [1.165, 1.54) is 0 Å². The Hall–Kier alpha value is -3.19. The van der Waals surface area contributed by atoms with Crippen molar-refractivity contribution in [1.29, 1.82) is 0 Å². The molecule has 0 aliphatic rings. The molecule has 3 aromatic carbocycles. The van der Waals surface area contributed by atoms with Crippen molar-refractivity contribution in [2.75, 3.05) is 0 Å². The average Bonchev–Trinajstić information content (AvgIpc) is 2.83. The highest BCUT2D eigenvalue weighted by atomic mass is 35.5. The molecule has 6 nitrogen and oxygen atoms in total. The van der Waals surface area contributed by atoms with Crippen molar-refractivity contribution in [1.82, 2.24) is 5.32 Å². The zero-order valence-corrected chi connectivity index (χ0v) is 21.6. The quantitative estimate of drug-likeness (QED) is 0.265. The monoisotopic (exact) mass is 526 g/mol. The minimum Gasteiger partial charge on any atom is -0.388 e. The number of hydrogen-bond acceptors (Lipinski definition) is 5. The zero-order valence-electron chi connectivity index (χ0n) is 20.1. The van der Waals surface area contributed by atoms with Crippen molar-refractivity contribution in [3.63, 3.8) is 0 Å². The molecule has 3 N–H and O–H groups in total. The van der Waals surface area contributed by atoms with Crippen molar-refractivity contribution < 1.29 is 19.1 Å². The lowest BCUT2D eigenvalue weighted by molar-refractivity contribution is -0.141. The smallest absolute Gasteiger partial charge is 0.345 e. The number of benzene rings is 3. The standard InChI is InChI=1S/C28H28Cl2N2O4/c1-28(2,17-18-3-11-22(29)12-4-18)32-24(15-16-25(31)33)27(35)36-26(34)21-7-5-19(6-8-21)20-9-13-23(30)14-10-20/h3-14,24,32H,15-17H2,1-2H3,(H2,31,33)/t24-/m0/s1. The Bertz CT molecular complexity index is 1210. The van der Waals surface area contributed by atoms with E-state index in [2.05, 4.69) is 5.32 Å². The molecule has 3 aromatic rings. The van der Waals surface area contributed by atoms with Crippen LogP contribution in [-0.4, -0.2) is 29.4 Å². The summed E-state index contributed by atoms with van der Waals surface area (Å²) in [5.74, 6) is -2.09. The third-order valence-electron chi connectivity index (χ3n) is 5.58. The molecule has 0 bridgehead atoms. The Morgan fingerprint density at radius 2 is 1.36 bits per heavy atom. The van der Waals surface area contributed by atoms with Crippen LogP contribution in [0.15, 0.2) is 72.8 Å². The van der Waals surface area contributed by atoms with Gasteiger partial charge in [-0.2, -0.15) is 0 Å². The van der Waals surface area contributed by atoms with Crippen molar-refractivity contribution in [3.05, 3.63) is 94.0 Å². The number of nitrogens with two attached hydrogens (primary N) is 1. The summed E-state index contributed by atoms with van der Waals surface area (Å²) in [6.07, 6.45) is 0.638. The number of hydrogen-bond donors (Lipinski definition) is 2. The lowest BCUT2D eigenvalue weighted by atomic mass is 9.93. The van der Waals surface area contributed by atoms with Crippen LogP contribution in [0, 0.1) is 0 Å². The summed E-state index contributed by atoms with van der Waals surface area (Å²) < 4.78 is 5.18. The third kappa shape index (κ3) is 8.19. The Balaban J connectivity index is 1.68. The van der Waals surface area contributed by atoms with E-state index in [1.54, 1.807) is 48.5 Å². The van der Waals surface area contributed by atoms with Gasteiger partial charge in [0, 0.05) is 22.0 Å². The van der Waals surface area contributed by atoms with Crippen LogP contribution in [-0.2, 0) is 20.7 Å². The van der Waals surface area contributed by atoms with Crippen molar-refractivity contribution in [2.45, 2.75) is 44.7 Å². The lowest BCUT2D eigenvalue weighted by Crippen LogP contribution is -2.51. The first-order valence-corrected chi connectivity index (χ1v) is 12.2. The number of ether oxygens (including phenoxy) is 1.